The van der Waals surface area contributed by atoms with Gasteiger partial charge in [-0.3, -0.25) is 14.5 Å². The molecule has 8 nitrogen and oxygen atoms in total. The number of carbonyl (C=O) groups is 2. The number of hydrogen-bond donors (Lipinski definition) is 2. The summed E-state index contributed by atoms with van der Waals surface area (Å²) in [6, 6.07) is 9.23. The molecule has 2 amide bonds. The molecular weight excluding hydrogens is 368 g/mol. The summed E-state index contributed by atoms with van der Waals surface area (Å²) in [5.41, 5.74) is 1.57. The van der Waals surface area contributed by atoms with Crippen LogP contribution in [0.15, 0.2) is 42.7 Å². The lowest BCUT2D eigenvalue weighted by Crippen LogP contribution is -2.49. The third-order valence-corrected chi connectivity index (χ3v) is 4.98. The van der Waals surface area contributed by atoms with Crippen molar-refractivity contribution in [1.82, 2.24) is 25.5 Å². The Kier molecular flexibility index (Phi) is 7.52. The van der Waals surface area contributed by atoms with Gasteiger partial charge in [0.25, 0.3) is 5.91 Å². The Morgan fingerprint density at radius 3 is 2.41 bits per heavy atom. The van der Waals surface area contributed by atoms with E-state index in [0.29, 0.717) is 18.7 Å². The van der Waals surface area contributed by atoms with Gasteiger partial charge < -0.3 is 15.5 Å². The molecule has 1 aromatic heterocycles. The summed E-state index contributed by atoms with van der Waals surface area (Å²) in [5, 5.41) is 5.73. The van der Waals surface area contributed by atoms with E-state index in [2.05, 4.69) is 30.4 Å². The highest BCUT2D eigenvalue weighted by Crippen LogP contribution is 2.09. The summed E-state index contributed by atoms with van der Waals surface area (Å²) in [5.74, 6) is 0.579. The van der Waals surface area contributed by atoms with Crippen molar-refractivity contribution in [2.75, 3.05) is 50.7 Å². The number of nitrogens with zero attached hydrogens (tertiary/aromatic N) is 4. The molecule has 2 heterocycles. The van der Waals surface area contributed by atoms with Crippen LogP contribution in [0.4, 0.5) is 5.95 Å². The zero-order valence-corrected chi connectivity index (χ0v) is 16.8. The van der Waals surface area contributed by atoms with E-state index in [1.807, 2.05) is 31.2 Å². The topological polar surface area (TPSA) is 90.5 Å². The Labute approximate surface area is 171 Å². The van der Waals surface area contributed by atoms with Gasteiger partial charge in [-0.2, -0.15) is 0 Å². The summed E-state index contributed by atoms with van der Waals surface area (Å²) >= 11 is 0. The summed E-state index contributed by atoms with van der Waals surface area (Å²) < 4.78 is 0. The monoisotopic (exact) mass is 396 g/mol. The van der Waals surface area contributed by atoms with E-state index in [-0.39, 0.29) is 18.2 Å². The van der Waals surface area contributed by atoms with E-state index in [1.54, 1.807) is 18.5 Å². The third kappa shape index (κ3) is 6.25. The van der Waals surface area contributed by atoms with Gasteiger partial charge in [0.15, 0.2) is 0 Å². The van der Waals surface area contributed by atoms with Gasteiger partial charge in [-0.05, 0) is 24.6 Å². The SMILES string of the molecule is Cc1ccccc1C(=O)NCCC(=O)NCCN1CCN(c2ncccn2)CC1. The smallest absolute Gasteiger partial charge is 0.251 e. The van der Waals surface area contributed by atoms with Crippen LogP contribution >= 0.6 is 0 Å². The van der Waals surface area contributed by atoms with Gasteiger partial charge in [0, 0.05) is 70.2 Å². The van der Waals surface area contributed by atoms with E-state index >= 15 is 0 Å². The molecule has 1 aliphatic rings. The molecule has 1 saturated heterocycles. The third-order valence-electron chi connectivity index (χ3n) is 4.98. The van der Waals surface area contributed by atoms with Crippen molar-refractivity contribution in [1.29, 1.82) is 0 Å². The average molecular weight is 396 g/mol. The number of amides is 2. The van der Waals surface area contributed by atoms with Gasteiger partial charge in [-0.1, -0.05) is 18.2 Å². The molecule has 3 rings (SSSR count). The first-order chi connectivity index (χ1) is 14.1. The van der Waals surface area contributed by atoms with Crippen molar-refractivity contribution in [3.8, 4) is 0 Å². The maximum atomic E-state index is 12.1. The summed E-state index contributed by atoms with van der Waals surface area (Å²) in [6.07, 6.45) is 3.79. The lowest BCUT2D eigenvalue weighted by Gasteiger charge is -2.34. The van der Waals surface area contributed by atoms with Gasteiger partial charge >= 0.3 is 0 Å². The molecule has 1 fully saturated rings. The molecule has 0 saturated carbocycles. The van der Waals surface area contributed by atoms with E-state index in [0.717, 1.165) is 44.2 Å². The Morgan fingerprint density at radius 1 is 0.966 bits per heavy atom. The van der Waals surface area contributed by atoms with Crippen molar-refractivity contribution < 1.29 is 9.59 Å². The number of nitrogens with one attached hydrogen (secondary N) is 2. The molecule has 29 heavy (non-hydrogen) atoms. The second-order valence-electron chi connectivity index (χ2n) is 7.05. The minimum atomic E-state index is -0.142. The molecule has 0 atom stereocenters. The van der Waals surface area contributed by atoms with E-state index < -0.39 is 0 Å². The number of hydrogen-bond acceptors (Lipinski definition) is 6. The molecule has 2 N–H and O–H groups in total. The molecule has 8 heteroatoms. The normalized spacial score (nSPS) is 14.4. The second kappa shape index (κ2) is 10.5. The van der Waals surface area contributed by atoms with Crippen LogP contribution in [-0.2, 0) is 4.79 Å². The molecule has 2 aromatic rings. The molecule has 0 bridgehead atoms. The van der Waals surface area contributed by atoms with Crippen LogP contribution in [0.25, 0.3) is 0 Å². The zero-order valence-electron chi connectivity index (χ0n) is 16.8. The Hall–Kier alpha value is -3.00. The highest BCUT2D eigenvalue weighted by molar-refractivity contribution is 5.95. The maximum absolute atomic E-state index is 12.1. The standard InChI is InChI=1S/C21H28N6O2/c1-17-5-2-3-6-18(17)20(29)23-10-7-19(28)22-11-12-26-13-15-27(16-14-26)21-24-8-4-9-25-21/h2-6,8-9H,7,10-16H2,1H3,(H,22,28)(H,23,29). The fraction of sp³-hybridized carbons (Fsp3) is 0.429. The molecule has 1 aliphatic heterocycles. The van der Waals surface area contributed by atoms with Crippen LogP contribution < -0.4 is 15.5 Å². The van der Waals surface area contributed by atoms with E-state index in [1.165, 1.54) is 0 Å². The first kappa shape index (κ1) is 20.7. The molecule has 0 unspecified atom stereocenters. The van der Waals surface area contributed by atoms with Crippen molar-refractivity contribution in [2.24, 2.45) is 0 Å². The quantitative estimate of drug-likeness (QED) is 0.687. The van der Waals surface area contributed by atoms with E-state index in [9.17, 15) is 9.59 Å². The van der Waals surface area contributed by atoms with Crippen molar-refractivity contribution in [3.05, 3.63) is 53.9 Å². The number of aromatic nitrogens is 2. The molecule has 0 spiro atoms. The minimum absolute atomic E-state index is 0.0496. The Bertz CT molecular complexity index is 806. The summed E-state index contributed by atoms with van der Waals surface area (Å²) in [4.78, 5) is 37.2. The van der Waals surface area contributed by atoms with Crippen molar-refractivity contribution in [3.63, 3.8) is 0 Å². The first-order valence-corrected chi connectivity index (χ1v) is 9.98. The van der Waals surface area contributed by atoms with E-state index in [4.69, 9.17) is 0 Å². The molecule has 0 aliphatic carbocycles. The van der Waals surface area contributed by atoms with Crippen molar-refractivity contribution in [2.45, 2.75) is 13.3 Å². The summed E-state index contributed by atoms with van der Waals surface area (Å²) in [6.45, 7) is 7.23. The van der Waals surface area contributed by atoms with Gasteiger partial charge in [0.1, 0.15) is 0 Å². The molecule has 154 valence electrons. The first-order valence-electron chi connectivity index (χ1n) is 9.98. The molecule has 1 aromatic carbocycles. The molecule has 0 radical (unpaired) electrons. The number of aryl methyl sites for hydroxylation is 1. The number of anilines is 1. The number of benzene rings is 1. The largest absolute Gasteiger partial charge is 0.355 e. The van der Waals surface area contributed by atoms with Crippen LogP contribution in [0.2, 0.25) is 0 Å². The highest BCUT2D eigenvalue weighted by Gasteiger charge is 2.18. The van der Waals surface area contributed by atoms with Crippen LogP contribution in [-0.4, -0.2) is 72.5 Å². The number of rotatable bonds is 8. The van der Waals surface area contributed by atoms with Gasteiger partial charge in [0.05, 0.1) is 0 Å². The highest BCUT2D eigenvalue weighted by atomic mass is 16.2. The van der Waals surface area contributed by atoms with Gasteiger partial charge in [0.2, 0.25) is 11.9 Å². The zero-order chi connectivity index (χ0) is 20.5. The Balaban J connectivity index is 1.28. The lowest BCUT2D eigenvalue weighted by atomic mass is 10.1. The predicted molar refractivity (Wildman–Crippen MR) is 112 cm³/mol. The van der Waals surface area contributed by atoms with Crippen LogP contribution in [0.3, 0.4) is 0 Å². The Morgan fingerprint density at radius 2 is 1.69 bits per heavy atom. The average Bonchev–Trinajstić information content (AvgIpc) is 2.75. The van der Waals surface area contributed by atoms with Crippen LogP contribution in [0, 0.1) is 6.92 Å². The number of carbonyl (C=O) groups excluding carboxylic acids is 2. The molecular formula is C21H28N6O2. The van der Waals surface area contributed by atoms with Crippen LogP contribution in [0.5, 0.6) is 0 Å². The fourth-order valence-electron chi connectivity index (χ4n) is 3.28. The van der Waals surface area contributed by atoms with Crippen LogP contribution in [0.1, 0.15) is 22.3 Å². The van der Waals surface area contributed by atoms with Crippen molar-refractivity contribution >= 4 is 17.8 Å². The van der Waals surface area contributed by atoms with Gasteiger partial charge in [-0.25, -0.2) is 9.97 Å². The second-order valence-corrected chi connectivity index (χ2v) is 7.05. The predicted octanol–water partition coefficient (Wildman–Crippen LogP) is 0.843. The summed E-state index contributed by atoms with van der Waals surface area (Å²) in [7, 11) is 0. The minimum Gasteiger partial charge on any atom is -0.355 e. The lowest BCUT2D eigenvalue weighted by molar-refractivity contribution is -0.121. The number of piperazine rings is 1. The fourth-order valence-corrected chi connectivity index (χ4v) is 3.28. The maximum Gasteiger partial charge on any atom is 0.251 e. The van der Waals surface area contributed by atoms with Gasteiger partial charge in [-0.15, -0.1) is 0 Å².